The number of fused-ring (bicyclic) bond motifs is 1. The summed E-state index contributed by atoms with van der Waals surface area (Å²) in [6.45, 7) is 1.78. The zero-order valence-corrected chi connectivity index (χ0v) is 17.9. The van der Waals surface area contributed by atoms with Gasteiger partial charge in [0.2, 0.25) is 0 Å². The number of hydrogen-bond donors (Lipinski definition) is 1. The van der Waals surface area contributed by atoms with Crippen molar-refractivity contribution < 1.29 is 13.2 Å². The summed E-state index contributed by atoms with van der Waals surface area (Å²) < 4.78 is 38.3. The van der Waals surface area contributed by atoms with E-state index in [4.69, 9.17) is 0 Å². The second-order valence-corrected chi connectivity index (χ2v) is 8.05. The van der Waals surface area contributed by atoms with Crippen molar-refractivity contribution in [2.75, 3.05) is 6.54 Å². The Morgan fingerprint density at radius 3 is 2.41 bits per heavy atom. The third-order valence-corrected chi connectivity index (χ3v) is 5.72. The predicted octanol–water partition coefficient (Wildman–Crippen LogP) is 3.87. The smallest absolute Gasteiger partial charge is 0.306 e. The van der Waals surface area contributed by atoms with Gasteiger partial charge in [-0.3, -0.25) is 14.7 Å². The Morgan fingerprint density at radius 1 is 0.971 bits per heavy atom. The monoisotopic (exact) mass is 464 g/mol. The van der Waals surface area contributed by atoms with Gasteiger partial charge in [-0.2, -0.15) is 13.2 Å². The molecule has 0 spiro atoms. The van der Waals surface area contributed by atoms with Crippen molar-refractivity contribution in [2.45, 2.75) is 25.7 Å². The highest BCUT2D eigenvalue weighted by Gasteiger charge is 2.30. The van der Waals surface area contributed by atoms with Crippen LogP contribution in [0.3, 0.4) is 0 Å². The van der Waals surface area contributed by atoms with Crippen molar-refractivity contribution in [3.63, 3.8) is 0 Å². The summed E-state index contributed by atoms with van der Waals surface area (Å²) in [4.78, 5) is 34.6. The largest absolute Gasteiger partial charge is 0.416 e. The zero-order chi connectivity index (χ0) is 23.7. The minimum absolute atomic E-state index is 0.177. The van der Waals surface area contributed by atoms with Crippen molar-refractivity contribution >= 4 is 0 Å². The number of hydrogen-bond acceptors (Lipinski definition) is 6. The lowest BCUT2D eigenvalue weighted by Gasteiger charge is -2.27. The van der Waals surface area contributed by atoms with E-state index in [0.29, 0.717) is 47.7 Å². The van der Waals surface area contributed by atoms with E-state index in [-0.39, 0.29) is 5.56 Å². The second kappa shape index (κ2) is 8.79. The number of nitrogens with zero attached hydrogens (tertiary/aromatic N) is 5. The average Bonchev–Trinajstić information content (AvgIpc) is 2.85. The molecule has 34 heavy (non-hydrogen) atoms. The minimum atomic E-state index is -4.36. The first-order valence-corrected chi connectivity index (χ1v) is 10.6. The number of nitrogens with one attached hydrogen (secondary N) is 1. The first kappa shape index (κ1) is 21.9. The Balaban J connectivity index is 1.28. The van der Waals surface area contributed by atoms with Crippen LogP contribution in [0.1, 0.15) is 22.4 Å². The Hall–Kier alpha value is -3.92. The molecule has 3 aromatic heterocycles. The van der Waals surface area contributed by atoms with E-state index >= 15 is 0 Å². The summed E-state index contributed by atoms with van der Waals surface area (Å²) in [5.41, 5.74) is 3.36. The number of rotatable bonds is 4. The number of H-pyrrole nitrogens is 1. The van der Waals surface area contributed by atoms with Crippen molar-refractivity contribution in [3.05, 3.63) is 94.1 Å². The molecule has 0 unspecified atom stereocenters. The molecule has 1 N–H and O–H groups in total. The molecule has 1 aliphatic heterocycles. The summed E-state index contributed by atoms with van der Waals surface area (Å²) in [6.07, 6.45) is 2.61. The molecular weight excluding hydrogens is 445 g/mol. The second-order valence-electron chi connectivity index (χ2n) is 8.05. The number of aromatic amines is 1. The van der Waals surface area contributed by atoms with Crippen molar-refractivity contribution in [2.24, 2.45) is 0 Å². The van der Waals surface area contributed by atoms with Crippen LogP contribution < -0.4 is 5.56 Å². The Kier molecular flexibility index (Phi) is 5.66. The molecule has 10 heteroatoms. The van der Waals surface area contributed by atoms with Gasteiger partial charge in [-0.15, -0.1) is 0 Å². The number of alkyl halides is 3. The van der Waals surface area contributed by atoms with Crippen LogP contribution in [-0.2, 0) is 25.7 Å². The maximum absolute atomic E-state index is 12.8. The maximum atomic E-state index is 12.8. The van der Waals surface area contributed by atoms with Gasteiger partial charge in [0.05, 0.1) is 28.1 Å². The van der Waals surface area contributed by atoms with Gasteiger partial charge in [0.15, 0.2) is 0 Å². The molecule has 0 fully saturated rings. The fraction of sp³-hybridized carbons (Fsp3) is 0.208. The summed E-state index contributed by atoms with van der Waals surface area (Å²) in [5.74, 6) is 0.459. The van der Waals surface area contributed by atoms with Crippen LogP contribution >= 0.6 is 0 Å². The molecule has 1 aromatic carbocycles. The quantitative estimate of drug-likeness (QED) is 0.494. The van der Waals surface area contributed by atoms with Gasteiger partial charge in [0.1, 0.15) is 12.2 Å². The first-order valence-electron chi connectivity index (χ1n) is 10.6. The van der Waals surface area contributed by atoms with Crippen LogP contribution in [0.2, 0.25) is 0 Å². The third kappa shape index (κ3) is 4.58. The minimum Gasteiger partial charge on any atom is -0.306 e. The van der Waals surface area contributed by atoms with E-state index < -0.39 is 11.7 Å². The lowest BCUT2D eigenvalue weighted by Crippen LogP contribution is -2.35. The molecular formula is C24H19F3N6O. The molecule has 0 saturated heterocycles. The van der Waals surface area contributed by atoms with E-state index in [1.54, 1.807) is 24.7 Å². The molecule has 0 saturated carbocycles. The Bertz CT molecular complexity index is 1350. The number of aromatic nitrogens is 5. The van der Waals surface area contributed by atoms with Crippen LogP contribution in [0.5, 0.6) is 0 Å². The SMILES string of the molecule is O=c1[nH]c(-c2cncnc2)nc2c1CN(Cc1ccc(-c3ccc(C(F)(F)F)cc3)nc1)CC2. The van der Waals surface area contributed by atoms with Crippen LogP contribution in [0.25, 0.3) is 22.6 Å². The molecule has 4 heterocycles. The Labute approximate surface area is 192 Å². The topological polar surface area (TPSA) is 87.7 Å². The van der Waals surface area contributed by atoms with Gasteiger partial charge < -0.3 is 4.98 Å². The normalized spacial score (nSPS) is 14.1. The van der Waals surface area contributed by atoms with Crippen LogP contribution in [0.15, 0.2) is 66.1 Å². The molecule has 0 amide bonds. The summed E-state index contributed by atoms with van der Waals surface area (Å²) in [5, 5.41) is 0. The van der Waals surface area contributed by atoms with Gasteiger partial charge in [-0.1, -0.05) is 18.2 Å². The highest BCUT2D eigenvalue weighted by molar-refractivity contribution is 5.59. The van der Waals surface area contributed by atoms with E-state index in [0.717, 1.165) is 29.9 Å². The molecule has 5 rings (SSSR count). The lowest BCUT2D eigenvalue weighted by atomic mass is 10.1. The molecule has 172 valence electrons. The lowest BCUT2D eigenvalue weighted by molar-refractivity contribution is -0.137. The fourth-order valence-corrected chi connectivity index (χ4v) is 3.95. The molecule has 0 bridgehead atoms. The molecule has 1 aliphatic rings. The van der Waals surface area contributed by atoms with Gasteiger partial charge in [-0.05, 0) is 23.8 Å². The van der Waals surface area contributed by atoms with Crippen molar-refractivity contribution in [1.82, 2.24) is 29.8 Å². The van der Waals surface area contributed by atoms with E-state index in [9.17, 15) is 18.0 Å². The molecule has 0 radical (unpaired) electrons. The van der Waals surface area contributed by atoms with Gasteiger partial charge in [0.25, 0.3) is 5.56 Å². The fourth-order valence-electron chi connectivity index (χ4n) is 3.95. The van der Waals surface area contributed by atoms with Crippen LogP contribution in [-0.4, -0.2) is 36.4 Å². The summed E-state index contributed by atoms with van der Waals surface area (Å²) in [7, 11) is 0. The Morgan fingerprint density at radius 2 is 1.74 bits per heavy atom. The van der Waals surface area contributed by atoms with Crippen molar-refractivity contribution in [1.29, 1.82) is 0 Å². The van der Waals surface area contributed by atoms with Crippen LogP contribution in [0, 0.1) is 0 Å². The molecule has 7 nitrogen and oxygen atoms in total. The highest BCUT2D eigenvalue weighted by atomic mass is 19.4. The summed E-state index contributed by atoms with van der Waals surface area (Å²) >= 11 is 0. The average molecular weight is 464 g/mol. The highest BCUT2D eigenvalue weighted by Crippen LogP contribution is 2.30. The molecule has 4 aromatic rings. The first-order chi connectivity index (χ1) is 16.4. The van der Waals surface area contributed by atoms with E-state index in [1.165, 1.54) is 18.5 Å². The maximum Gasteiger partial charge on any atom is 0.416 e. The standard InChI is InChI=1S/C24H19F3N6O/c25-24(26,27)18-4-2-16(3-5-18)20-6-1-15(9-30-20)12-33-8-7-21-19(13-33)23(34)32-22(31-21)17-10-28-14-29-11-17/h1-6,9-11,14H,7-8,12-13H2,(H,31,32,34). The molecule has 0 aliphatic carbocycles. The van der Waals surface area contributed by atoms with E-state index in [1.807, 2.05) is 6.07 Å². The van der Waals surface area contributed by atoms with Gasteiger partial charge >= 0.3 is 6.18 Å². The van der Waals surface area contributed by atoms with Crippen LogP contribution in [0.4, 0.5) is 13.2 Å². The number of benzene rings is 1. The third-order valence-electron chi connectivity index (χ3n) is 5.72. The predicted molar refractivity (Wildman–Crippen MR) is 118 cm³/mol. The van der Waals surface area contributed by atoms with Crippen molar-refractivity contribution in [3.8, 4) is 22.6 Å². The summed E-state index contributed by atoms with van der Waals surface area (Å²) in [6, 6.07) is 8.63. The number of halogens is 3. The number of pyridine rings is 1. The zero-order valence-electron chi connectivity index (χ0n) is 17.9. The molecule has 0 atom stereocenters. The van der Waals surface area contributed by atoms with E-state index in [2.05, 4.69) is 29.8 Å². The van der Waals surface area contributed by atoms with Gasteiger partial charge in [-0.25, -0.2) is 15.0 Å². The van der Waals surface area contributed by atoms with Gasteiger partial charge in [0, 0.05) is 50.2 Å².